The van der Waals surface area contributed by atoms with E-state index in [1.54, 1.807) is 11.0 Å². The fraction of sp³-hybridized carbons (Fsp3) is 0.182. The van der Waals surface area contributed by atoms with E-state index in [0.29, 0.717) is 13.0 Å². The van der Waals surface area contributed by atoms with Gasteiger partial charge in [0.2, 0.25) is 5.91 Å². The summed E-state index contributed by atoms with van der Waals surface area (Å²) in [7, 11) is 0. The molecule has 0 fully saturated rings. The fourth-order valence-corrected chi connectivity index (χ4v) is 2.12. The van der Waals surface area contributed by atoms with E-state index in [4.69, 9.17) is 0 Å². The summed E-state index contributed by atoms with van der Waals surface area (Å²) < 4.78 is 3.70. The summed E-state index contributed by atoms with van der Waals surface area (Å²) in [4.78, 5) is 15.5. The smallest absolute Gasteiger partial charge is 0.226 e. The molecule has 0 saturated carbocycles. The zero-order valence-corrected chi connectivity index (χ0v) is 13.1. The maximum Gasteiger partial charge on any atom is 0.226 e. The van der Waals surface area contributed by atoms with Crippen LogP contribution in [0.25, 0.3) is 0 Å². The summed E-state index contributed by atoms with van der Waals surface area (Å²) in [5, 5.41) is 6.79. The van der Waals surface area contributed by atoms with Gasteiger partial charge in [-0.2, -0.15) is 5.10 Å². The molecule has 0 aliphatic carbocycles. The number of aromatic nitrogens is 3. The lowest BCUT2D eigenvalue weighted by Crippen LogP contribution is -2.14. The Labute approximate surface area is 126 Å². The Morgan fingerprint density at radius 3 is 3.00 bits per heavy atom. The Morgan fingerprint density at radius 2 is 2.33 bits per heavy atom. The number of carbonyl (C=O) groups excluding carboxylic acids is 1. The normalized spacial score (nSPS) is 10.3. The van der Waals surface area contributed by atoms with E-state index in [0.717, 1.165) is 13.7 Å². The number of nitrogens with zero attached hydrogens (tertiary/aromatic N) is 3. The molecule has 7 heteroatoms. The first-order valence-electron chi connectivity index (χ1n) is 5.22. The second-order valence-corrected chi connectivity index (χ2v) is 5.60. The van der Waals surface area contributed by atoms with E-state index < -0.39 is 0 Å². The molecule has 2 aromatic rings. The van der Waals surface area contributed by atoms with E-state index in [2.05, 4.69) is 53.9 Å². The summed E-state index contributed by atoms with van der Waals surface area (Å²) in [5.74, 6) is -0.0383. The Balaban J connectivity index is 1.88. The highest BCUT2D eigenvalue weighted by Gasteiger charge is 2.04. The highest BCUT2D eigenvalue weighted by atomic mass is 127. The minimum atomic E-state index is -0.0383. The van der Waals surface area contributed by atoms with Gasteiger partial charge in [0.15, 0.2) is 0 Å². The molecule has 1 aromatic heterocycles. The van der Waals surface area contributed by atoms with Crippen LogP contribution < -0.4 is 5.32 Å². The van der Waals surface area contributed by atoms with Gasteiger partial charge in [-0.05, 0) is 56.7 Å². The second-order valence-electron chi connectivity index (χ2n) is 3.59. The van der Waals surface area contributed by atoms with Crippen LogP contribution in [0.3, 0.4) is 0 Å². The lowest BCUT2D eigenvalue weighted by molar-refractivity contribution is -0.116. The Hall–Kier alpha value is -0.960. The van der Waals surface area contributed by atoms with Crippen LogP contribution in [0.5, 0.6) is 0 Å². The van der Waals surface area contributed by atoms with Crippen molar-refractivity contribution in [1.29, 1.82) is 0 Å². The molecule has 0 aliphatic rings. The van der Waals surface area contributed by atoms with Crippen LogP contribution >= 0.6 is 38.5 Å². The standard InChI is InChI=1S/C11H10BrIN4O/c12-9-2-1-8(5-10(9)13)16-11(18)3-4-17-7-14-6-15-17/h1-2,5-7H,3-4H2,(H,16,18). The number of aryl methyl sites for hydroxylation is 1. The minimum absolute atomic E-state index is 0.0383. The summed E-state index contributed by atoms with van der Waals surface area (Å²) in [6, 6.07) is 5.69. The minimum Gasteiger partial charge on any atom is -0.326 e. The van der Waals surface area contributed by atoms with Crippen molar-refractivity contribution in [2.24, 2.45) is 0 Å². The summed E-state index contributed by atoms with van der Waals surface area (Å²) in [6.45, 7) is 0.527. The van der Waals surface area contributed by atoms with Crippen molar-refractivity contribution in [2.75, 3.05) is 5.32 Å². The van der Waals surface area contributed by atoms with Crippen molar-refractivity contribution in [2.45, 2.75) is 13.0 Å². The van der Waals surface area contributed by atoms with E-state index >= 15 is 0 Å². The van der Waals surface area contributed by atoms with Gasteiger partial charge < -0.3 is 5.32 Å². The molecule has 1 aromatic carbocycles. The molecule has 2 rings (SSSR count). The van der Waals surface area contributed by atoms with Gasteiger partial charge in [-0.1, -0.05) is 0 Å². The van der Waals surface area contributed by atoms with Crippen molar-refractivity contribution >= 4 is 50.1 Å². The molecular formula is C11H10BrIN4O. The van der Waals surface area contributed by atoms with Gasteiger partial charge in [-0.3, -0.25) is 9.48 Å². The summed E-state index contributed by atoms with van der Waals surface area (Å²) >= 11 is 5.62. The molecule has 5 nitrogen and oxygen atoms in total. The molecule has 0 aliphatic heterocycles. The van der Waals surface area contributed by atoms with Crippen LogP contribution in [0, 0.1) is 3.57 Å². The van der Waals surface area contributed by atoms with Crippen LogP contribution in [0.15, 0.2) is 35.3 Å². The predicted molar refractivity (Wildman–Crippen MR) is 80.1 cm³/mol. The third-order valence-corrected chi connectivity index (χ3v) is 4.56. The maximum atomic E-state index is 11.7. The van der Waals surface area contributed by atoms with Gasteiger partial charge in [0.1, 0.15) is 12.7 Å². The summed E-state index contributed by atoms with van der Waals surface area (Å²) in [6.07, 6.45) is 3.42. The molecule has 1 heterocycles. The number of benzene rings is 1. The number of anilines is 1. The predicted octanol–water partition coefficient (Wildman–Crippen LogP) is 2.67. The van der Waals surface area contributed by atoms with E-state index in [9.17, 15) is 4.79 Å². The molecule has 0 spiro atoms. The first kappa shape index (κ1) is 13.5. The summed E-state index contributed by atoms with van der Waals surface area (Å²) in [5.41, 5.74) is 0.797. The highest BCUT2D eigenvalue weighted by Crippen LogP contribution is 2.22. The van der Waals surface area contributed by atoms with Crippen molar-refractivity contribution in [3.05, 3.63) is 38.9 Å². The molecule has 1 amide bonds. The van der Waals surface area contributed by atoms with Crippen molar-refractivity contribution in [3.8, 4) is 0 Å². The highest BCUT2D eigenvalue weighted by molar-refractivity contribution is 14.1. The van der Waals surface area contributed by atoms with Gasteiger partial charge in [-0.25, -0.2) is 4.98 Å². The number of hydrogen-bond acceptors (Lipinski definition) is 3. The van der Waals surface area contributed by atoms with E-state index in [-0.39, 0.29) is 5.91 Å². The lowest BCUT2D eigenvalue weighted by Gasteiger charge is -2.06. The molecule has 0 atom stereocenters. The number of carbonyl (C=O) groups is 1. The lowest BCUT2D eigenvalue weighted by atomic mass is 10.3. The van der Waals surface area contributed by atoms with Gasteiger partial charge in [0, 0.05) is 20.2 Å². The second kappa shape index (κ2) is 6.28. The van der Waals surface area contributed by atoms with Gasteiger partial charge in [0.05, 0.1) is 6.54 Å². The van der Waals surface area contributed by atoms with E-state index in [1.807, 2.05) is 18.2 Å². The average Bonchev–Trinajstić information content (AvgIpc) is 2.84. The van der Waals surface area contributed by atoms with Crippen LogP contribution in [0.2, 0.25) is 0 Å². The van der Waals surface area contributed by atoms with Crippen molar-refractivity contribution < 1.29 is 4.79 Å². The first-order valence-corrected chi connectivity index (χ1v) is 7.09. The zero-order chi connectivity index (χ0) is 13.0. The number of halogens is 2. The number of hydrogen-bond donors (Lipinski definition) is 1. The Kier molecular flexibility index (Phi) is 4.70. The molecule has 18 heavy (non-hydrogen) atoms. The average molecular weight is 421 g/mol. The third kappa shape index (κ3) is 3.77. The number of amides is 1. The Morgan fingerprint density at radius 1 is 1.50 bits per heavy atom. The zero-order valence-electron chi connectivity index (χ0n) is 9.31. The monoisotopic (exact) mass is 420 g/mol. The largest absolute Gasteiger partial charge is 0.326 e. The topological polar surface area (TPSA) is 59.8 Å². The van der Waals surface area contributed by atoms with Crippen molar-refractivity contribution in [1.82, 2.24) is 14.8 Å². The van der Waals surface area contributed by atoms with Gasteiger partial charge >= 0.3 is 0 Å². The van der Waals surface area contributed by atoms with E-state index in [1.165, 1.54) is 6.33 Å². The Bertz CT molecular complexity index is 544. The van der Waals surface area contributed by atoms with Crippen LogP contribution in [-0.4, -0.2) is 20.7 Å². The number of rotatable bonds is 4. The molecule has 0 bridgehead atoms. The molecule has 1 N–H and O–H groups in total. The third-order valence-electron chi connectivity index (χ3n) is 2.24. The maximum absolute atomic E-state index is 11.7. The molecule has 94 valence electrons. The van der Waals surface area contributed by atoms with Crippen LogP contribution in [0.4, 0.5) is 5.69 Å². The van der Waals surface area contributed by atoms with Gasteiger partial charge in [0.25, 0.3) is 0 Å². The fourth-order valence-electron chi connectivity index (χ4n) is 1.36. The molecule has 0 radical (unpaired) electrons. The SMILES string of the molecule is O=C(CCn1cncn1)Nc1ccc(Br)c(I)c1. The first-order chi connectivity index (χ1) is 8.65. The quantitative estimate of drug-likeness (QED) is 0.773. The van der Waals surface area contributed by atoms with Crippen molar-refractivity contribution in [3.63, 3.8) is 0 Å². The number of nitrogens with one attached hydrogen (secondary N) is 1. The van der Waals surface area contributed by atoms with Gasteiger partial charge in [-0.15, -0.1) is 0 Å². The molecular weight excluding hydrogens is 411 g/mol. The molecule has 0 unspecified atom stereocenters. The van der Waals surface area contributed by atoms with Crippen LogP contribution in [-0.2, 0) is 11.3 Å². The molecule has 0 saturated heterocycles. The van der Waals surface area contributed by atoms with Crippen LogP contribution in [0.1, 0.15) is 6.42 Å².